The van der Waals surface area contributed by atoms with E-state index in [1.165, 1.54) is 17.1 Å². The van der Waals surface area contributed by atoms with Gasteiger partial charge in [0.2, 0.25) is 0 Å². The van der Waals surface area contributed by atoms with Crippen LogP contribution in [0.4, 0.5) is 5.13 Å². The normalized spacial score (nSPS) is 21.9. The maximum Gasteiger partial charge on any atom is 0.352 e. The Balaban J connectivity index is 1.77. The van der Waals surface area contributed by atoms with E-state index in [0.29, 0.717) is 17.7 Å². The topological polar surface area (TPSA) is 178 Å². The van der Waals surface area contributed by atoms with Crippen LogP contribution < -0.4 is 11.1 Å². The summed E-state index contributed by atoms with van der Waals surface area (Å²) in [5, 5.41) is 34.0. The van der Waals surface area contributed by atoms with Crippen molar-refractivity contribution in [3.8, 4) is 0 Å². The van der Waals surface area contributed by atoms with Gasteiger partial charge in [0.1, 0.15) is 22.8 Å². The third-order valence-corrected chi connectivity index (χ3v) is 6.16. The molecule has 3 rings (SSSR count). The first-order valence-corrected chi connectivity index (χ1v) is 10.2. The van der Waals surface area contributed by atoms with E-state index in [0.717, 1.165) is 16.2 Å². The van der Waals surface area contributed by atoms with Gasteiger partial charge < -0.3 is 26.5 Å². The highest BCUT2D eigenvalue weighted by atomic mass is 32.2. The van der Waals surface area contributed by atoms with Gasteiger partial charge in [-0.05, 0) is 12.0 Å². The Morgan fingerprint density at radius 3 is 2.83 bits per heavy atom. The molecule has 154 valence electrons. The first-order chi connectivity index (χ1) is 13.9. The van der Waals surface area contributed by atoms with Gasteiger partial charge >= 0.3 is 5.97 Å². The van der Waals surface area contributed by atoms with Gasteiger partial charge in [-0.25, -0.2) is 9.78 Å². The number of hydrogen-bond acceptors (Lipinski definition) is 10. The summed E-state index contributed by atoms with van der Waals surface area (Å²) in [4.78, 5) is 41.7. The molecule has 1 fully saturated rings. The van der Waals surface area contributed by atoms with Gasteiger partial charge in [-0.2, -0.15) is 0 Å². The average Bonchev–Trinajstić information content (AvgIpc) is 3.12. The number of nitrogens with one attached hydrogen (secondary N) is 1. The summed E-state index contributed by atoms with van der Waals surface area (Å²) in [6.07, 6.45) is 3.57. The van der Waals surface area contributed by atoms with Crippen LogP contribution in [0.25, 0.3) is 0 Å². The number of fused-ring (bicyclic) bond motifs is 1. The third-order valence-electron chi connectivity index (χ3n) is 4.18. The number of carboxylic acids is 1. The van der Waals surface area contributed by atoms with Crippen LogP contribution >= 0.6 is 23.1 Å². The number of rotatable bonds is 7. The molecule has 2 atom stereocenters. The molecule has 13 heteroatoms. The predicted octanol–water partition coefficient (Wildman–Crippen LogP) is -0.419. The van der Waals surface area contributed by atoms with Crippen LogP contribution in [-0.4, -0.2) is 72.6 Å². The summed E-state index contributed by atoms with van der Waals surface area (Å²) < 4.78 is 0. The number of anilines is 1. The van der Waals surface area contributed by atoms with E-state index in [1.54, 1.807) is 12.2 Å². The van der Waals surface area contributed by atoms with E-state index in [-0.39, 0.29) is 23.1 Å². The second-order valence-corrected chi connectivity index (χ2v) is 7.97. The number of carboxylic acid groups (broad SMARTS) is 1. The Morgan fingerprint density at radius 1 is 1.48 bits per heavy atom. The minimum Gasteiger partial charge on any atom is -0.477 e. The molecule has 0 aliphatic carbocycles. The fraction of sp³-hybridized carbons (Fsp3) is 0.312. The molecule has 2 aliphatic heterocycles. The third kappa shape index (κ3) is 3.97. The van der Waals surface area contributed by atoms with E-state index >= 15 is 0 Å². The molecule has 1 aromatic heterocycles. The van der Waals surface area contributed by atoms with Crippen molar-refractivity contribution in [1.82, 2.24) is 15.2 Å². The summed E-state index contributed by atoms with van der Waals surface area (Å²) >= 11 is 2.35. The van der Waals surface area contributed by atoms with Crippen molar-refractivity contribution in [2.75, 3.05) is 18.1 Å². The van der Waals surface area contributed by atoms with Crippen LogP contribution in [-0.2, 0) is 14.4 Å². The van der Waals surface area contributed by atoms with Crippen LogP contribution in [0.3, 0.4) is 0 Å². The summed E-state index contributed by atoms with van der Waals surface area (Å²) in [5.74, 6) is -2.36. The van der Waals surface area contributed by atoms with Crippen molar-refractivity contribution in [3.05, 3.63) is 34.5 Å². The number of thioether (sulfide) groups is 1. The second kappa shape index (κ2) is 8.63. The molecule has 11 nitrogen and oxygen atoms in total. The molecule has 0 aromatic carbocycles. The number of nitrogens with zero attached hydrogens (tertiary/aromatic N) is 3. The van der Waals surface area contributed by atoms with Crippen LogP contribution in [0, 0.1) is 0 Å². The first kappa shape index (κ1) is 20.8. The fourth-order valence-electron chi connectivity index (χ4n) is 2.89. The lowest BCUT2D eigenvalue weighted by molar-refractivity contribution is -0.150. The Labute approximate surface area is 172 Å². The Morgan fingerprint density at radius 2 is 2.24 bits per heavy atom. The van der Waals surface area contributed by atoms with Crippen molar-refractivity contribution in [3.63, 3.8) is 0 Å². The Kier molecular flexibility index (Phi) is 6.20. The zero-order chi connectivity index (χ0) is 21.1. The molecule has 0 spiro atoms. The molecule has 0 radical (unpaired) electrons. The van der Waals surface area contributed by atoms with Crippen molar-refractivity contribution in [2.45, 2.75) is 17.8 Å². The van der Waals surface area contributed by atoms with Gasteiger partial charge in [0.25, 0.3) is 11.8 Å². The van der Waals surface area contributed by atoms with Crippen molar-refractivity contribution in [2.24, 2.45) is 5.16 Å². The summed E-state index contributed by atoms with van der Waals surface area (Å²) in [6, 6.07) is -0.974. The van der Waals surface area contributed by atoms with Gasteiger partial charge in [-0.3, -0.25) is 14.5 Å². The standard InChI is InChI=1S/C16H17N5O6S2/c17-16-18-8(6-29-16)9(20-27)12(23)19-10-13(24)21-11(15(25)26)7(3-1-2-4-22)5-28-14(10)21/h1,3,6,10,14,22,27H,2,4-5H2,(H2,17,18)(H,19,23)(H,25,26)/b3-1-,20-9?/t10-,14-/m1/s1. The van der Waals surface area contributed by atoms with E-state index in [1.807, 2.05) is 0 Å². The van der Waals surface area contributed by atoms with E-state index < -0.39 is 34.9 Å². The quantitative estimate of drug-likeness (QED) is 0.163. The largest absolute Gasteiger partial charge is 0.477 e. The van der Waals surface area contributed by atoms with E-state index in [9.17, 15) is 19.5 Å². The maximum absolute atomic E-state index is 12.6. The van der Waals surface area contributed by atoms with Gasteiger partial charge in [0, 0.05) is 17.7 Å². The van der Waals surface area contributed by atoms with Gasteiger partial charge in [0.05, 0.1) is 0 Å². The van der Waals surface area contributed by atoms with Gasteiger partial charge in [-0.15, -0.1) is 23.1 Å². The number of carbonyl (C=O) groups excluding carboxylic acids is 2. The molecule has 0 saturated carbocycles. The predicted molar refractivity (Wildman–Crippen MR) is 105 cm³/mol. The molecule has 3 heterocycles. The number of allylic oxidation sites excluding steroid dienone is 1. The number of amides is 2. The van der Waals surface area contributed by atoms with Crippen molar-refractivity contribution in [1.29, 1.82) is 0 Å². The summed E-state index contributed by atoms with van der Waals surface area (Å²) in [5.41, 5.74) is 5.48. The minimum atomic E-state index is -1.26. The molecule has 0 unspecified atom stereocenters. The van der Waals surface area contributed by atoms with Crippen molar-refractivity contribution < 1.29 is 29.8 Å². The van der Waals surface area contributed by atoms with Crippen molar-refractivity contribution >= 4 is 51.7 Å². The molecule has 29 heavy (non-hydrogen) atoms. The summed E-state index contributed by atoms with van der Waals surface area (Å²) in [7, 11) is 0. The molecule has 2 amide bonds. The number of aliphatic carboxylic acids is 1. The number of oxime groups is 1. The number of nitrogen functional groups attached to an aromatic ring is 1. The molecule has 1 saturated heterocycles. The zero-order valence-electron chi connectivity index (χ0n) is 14.8. The smallest absolute Gasteiger partial charge is 0.352 e. The zero-order valence-corrected chi connectivity index (χ0v) is 16.4. The van der Waals surface area contributed by atoms with Crippen LogP contribution in [0.5, 0.6) is 0 Å². The number of aliphatic hydroxyl groups is 1. The lowest BCUT2D eigenvalue weighted by Crippen LogP contribution is -2.71. The molecule has 1 aromatic rings. The lowest BCUT2D eigenvalue weighted by Gasteiger charge is -2.49. The Hall–Kier alpha value is -2.90. The van der Waals surface area contributed by atoms with Gasteiger partial charge in [0.15, 0.2) is 10.8 Å². The molecule has 0 bridgehead atoms. The number of thiazole rings is 1. The number of aromatic nitrogens is 1. The number of nitrogens with two attached hydrogens (primary N) is 1. The monoisotopic (exact) mass is 439 g/mol. The maximum atomic E-state index is 12.6. The number of hydrogen-bond donors (Lipinski definition) is 5. The fourth-order valence-corrected chi connectivity index (χ4v) is 4.76. The second-order valence-electron chi connectivity index (χ2n) is 5.97. The highest BCUT2D eigenvalue weighted by molar-refractivity contribution is 8.00. The molecule has 2 aliphatic rings. The minimum absolute atomic E-state index is 0.0647. The lowest BCUT2D eigenvalue weighted by atomic mass is 10.0. The highest BCUT2D eigenvalue weighted by Crippen LogP contribution is 2.40. The number of carbonyl (C=O) groups is 3. The first-order valence-electron chi connectivity index (χ1n) is 8.31. The van der Waals surface area contributed by atoms with Crippen LogP contribution in [0.1, 0.15) is 12.1 Å². The molecule has 6 N–H and O–H groups in total. The SMILES string of the molecule is Nc1nc(C(=NO)C(=O)N[C@@H]2C(=O)N3C(C(=O)O)=C(/C=C\CCO)CS[C@H]23)cs1. The summed E-state index contributed by atoms with van der Waals surface area (Å²) in [6.45, 7) is -0.0713. The number of aliphatic hydroxyl groups excluding tert-OH is 1. The number of β-lactam (4-membered cyclic amide) rings is 1. The molecular formula is C16H17N5O6S2. The highest BCUT2D eigenvalue weighted by Gasteiger charge is 2.54. The molecular weight excluding hydrogens is 422 g/mol. The van der Waals surface area contributed by atoms with Gasteiger partial charge in [-0.1, -0.05) is 17.3 Å². The van der Waals surface area contributed by atoms with E-state index in [2.05, 4.69) is 15.5 Å². The van der Waals surface area contributed by atoms with Crippen LogP contribution in [0.15, 0.2) is 34.0 Å². The van der Waals surface area contributed by atoms with Crippen LogP contribution in [0.2, 0.25) is 0 Å². The Bertz CT molecular complexity index is 940. The average molecular weight is 439 g/mol. The van der Waals surface area contributed by atoms with E-state index in [4.69, 9.17) is 16.0 Å².